The Morgan fingerprint density at radius 3 is 3.08 bits per heavy atom. The van der Waals surface area contributed by atoms with Crippen LogP contribution in [0.4, 0.5) is 10.2 Å². The van der Waals surface area contributed by atoms with E-state index in [1.807, 2.05) is 0 Å². The van der Waals surface area contributed by atoms with Gasteiger partial charge in [0.2, 0.25) is 0 Å². The van der Waals surface area contributed by atoms with Gasteiger partial charge in [0.1, 0.15) is 5.82 Å². The Bertz CT molecular complexity index is 290. The van der Waals surface area contributed by atoms with E-state index in [0.29, 0.717) is 12.4 Å². The molecule has 1 aromatic rings. The van der Waals surface area contributed by atoms with E-state index in [4.69, 9.17) is 0 Å². The minimum atomic E-state index is -0.736. The largest absolute Gasteiger partial charge is 0.365 e. The predicted octanol–water partition coefficient (Wildman–Crippen LogP) is 1.94. The molecule has 1 heterocycles. The first-order chi connectivity index (χ1) is 5.68. The Hall–Kier alpha value is -0.970. The number of hydrogen-bond donors (Lipinski definition) is 1. The lowest BCUT2D eigenvalue weighted by Gasteiger charge is -2.02. The molecule has 0 aliphatic rings. The summed E-state index contributed by atoms with van der Waals surface area (Å²) < 4.78 is 13.2. The van der Waals surface area contributed by atoms with E-state index in [9.17, 15) is 4.39 Å². The van der Waals surface area contributed by atoms with E-state index < -0.39 is 6.08 Å². The summed E-state index contributed by atoms with van der Waals surface area (Å²) in [7, 11) is 0. The van der Waals surface area contributed by atoms with Crippen molar-refractivity contribution in [3.63, 3.8) is 0 Å². The third kappa shape index (κ3) is 2.96. The van der Waals surface area contributed by atoms with Gasteiger partial charge in [0, 0.05) is 17.2 Å². The molecule has 0 bridgehead atoms. The molecule has 0 atom stereocenters. The summed E-state index contributed by atoms with van der Waals surface area (Å²) in [5, 5.41) is 2.85. The molecule has 0 amide bonds. The Morgan fingerprint density at radius 2 is 2.50 bits per heavy atom. The summed E-state index contributed by atoms with van der Waals surface area (Å²) in [5.74, 6) is 0.447. The van der Waals surface area contributed by atoms with E-state index >= 15 is 0 Å². The first-order valence-electron chi connectivity index (χ1n) is 3.24. The summed E-state index contributed by atoms with van der Waals surface area (Å²) in [6, 6.07) is 1.58. The average Bonchev–Trinajstić information content (AvgIpc) is 2.01. The van der Waals surface area contributed by atoms with Crippen LogP contribution in [0.2, 0.25) is 0 Å². The van der Waals surface area contributed by atoms with Crippen molar-refractivity contribution in [2.24, 2.45) is 0 Å². The molecule has 3 nitrogen and oxygen atoms in total. The number of nitrogens with one attached hydrogen (secondary N) is 1. The SMILES string of the molecule is C=C(Br)CNc1ccnc(F)n1. The molecule has 64 valence electrons. The van der Waals surface area contributed by atoms with E-state index in [1.54, 1.807) is 6.07 Å². The number of nitrogens with zero attached hydrogens (tertiary/aromatic N) is 2. The number of anilines is 1. The normalized spacial score (nSPS) is 9.50. The highest BCUT2D eigenvalue weighted by atomic mass is 79.9. The van der Waals surface area contributed by atoms with Crippen LogP contribution in [0.5, 0.6) is 0 Å². The van der Waals surface area contributed by atoms with Crippen LogP contribution in [0, 0.1) is 6.08 Å². The van der Waals surface area contributed by atoms with Crippen LogP contribution in [0.15, 0.2) is 23.3 Å². The van der Waals surface area contributed by atoms with Crippen molar-refractivity contribution in [2.75, 3.05) is 11.9 Å². The second-order valence-electron chi connectivity index (χ2n) is 2.08. The Balaban J connectivity index is 2.57. The fraction of sp³-hybridized carbons (Fsp3) is 0.143. The van der Waals surface area contributed by atoms with Gasteiger partial charge in [-0.05, 0) is 6.07 Å². The van der Waals surface area contributed by atoms with Crippen LogP contribution in [-0.2, 0) is 0 Å². The Morgan fingerprint density at radius 1 is 1.75 bits per heavy atom. The molecule has 1 rings (SSSR count). The maximum Gasteiger partial charge on any atom is 0.310 e. The third-order valence-corrected chi connectivity index (χ3v) is 1.37. The quantitative estimate of drug-likeness (QED) is 0.809. The maximum atomic E-state index is 12.4. The second-order valence-corrected chi connectivity index (χ2v) is 3.20. The van der Waals surface area contributed by atoms with Gasteiger partial charge >= 0.3 is 6.08 Å². The summed E-state index contributed by atoms with van der Waals surface area (Å²) in [4.78, 5) is 6.81. The van der Waals surface area contributed by atoms with Crippen LogP contribution < -0.4 is 5.32 Å². The van der Waals surface area contributed by atoms with Crippen molar-refractivity contribution in [1.29, 1.82) is 0 Å². The van der Waals surface area contributed by atoms with Gasteiger partial charge < -0.3 is 5.32 Å². The highest BCUT2D eigenvalue weighted by Crippen LogP contribution is 2.04. The van der Waals surface area contributed by atoms with E-state index in [1.165, 1.54) is 6.20 Å². The van der Waals surface area contributed by atoms with Gasteiger partial charge in [-0.25, -0.2) is 4.98 Å². The second kappa shape index (κ2) is 4.15. The number of hydrogen-bond acceptors (Lipinski definition) is 3. The van der Waals surface area contributed by atoms with Crippen molar-refractivity contribution in [1.82, 2.24) is 9.97 Å². The van der Waals surface area contributed by atoms with Gasteiger partial charge in [-0.3, -0.25) is 0 Å². The zero-order chi connectivity index (χ0) is 8.97. The molecule has 1 aromatic heterocycles. The van der Waals surface area contributed by atoms with Crippen molar-refractivity contribution in [3.05, 3.63) is 29.4 Å². The van der Waals surface area contributed by atoms with E-state index in [2.05, 4.69) is 37.8 Å². The van der Waals surface area contributed by atoms with Gasteiger partial charge in [-0.15, -0.1) is 0 Å². The predicted molar refractivity (Wildman–Crippen MR) is 48.5 cm³/mol. The minimum Gasteiger partial charge on any atom is -0.365 e. The lowest BCUT2D eigenvalue weighted by molar-refractivity contribution is 0.540. The molecular weight excluding hydrogens is 225 g/mol. The monoisotopic (exact) mass is 231 g/mol. The standard InChI is InChI=1S/C7H7BrFN3/c1-5(8)4-11-6-2-3-10-7(9)12-6/h2-3H,1,4H2,(H,10,11,12). The molecule has 1 N–H and O–H groups in total. The molecule has 12 heavy (non-hydrogen) atoms. The molecular formula is C7H7BrFN3. The number of aromatic nitrogens is 2. The lowest BCUT2D eigenvalue weighted by Crippen LogP contribution is -2.03. The van der Waals surface area contributed by atoms with E-state index in [0.717, 1.165) is 4.48 Å². The van der Waals surface area contributed by atoms with Gasteiger partial charge in [0.05, 0.1) is 0 Å². The zero-order valence-corrected chi connectivity index (χ0v) is 7.81. The summed E-state index contributed by atoms with van der Waals surface area (Å²) in [6.07, 6.45) is 0.613. The highest BCUT2D eigenvalue weighted by molar-refractivity contribution is 9.11. The van der Waals surface area contributed by atoms with Crippen molar-refractivity contribution < 1.29 is 4.39 Å². The van der Waals surface area contributed by atoms with E-state index in [-0.39, 0.29) is 0 Å². The lowest BCUT2D eigenvalue weighted by atomic mass is 10.5. The van der Waals surface area contributed by atoms with Gasteiger partial charge in [-0.2, -0.15) is 9.37 Å². The molecule has 0 radical (unpaired) electrons. The maximum absolute atomic E-state index is 12.4. The van der Waals surface area contributed by atoms with Crippen LogP contribution in [0.25, 0.3) is 0 Å². The zero-order valence-electron chi connectivity index (χ0n) is 6.22. The number of rotatable bonds is 3. The van der Waals surface area contributed by atoms with Gasteiger partial charge in [-0.1, -0.05) is 22.5 Å². The topological polar surface area (TPSA) is 37.8 Å². The van der Waals surface area contributed by atoms with Crippen molar-refractivity contribution >= 4 is 21.7 Å². The molecule has 0 saturated carbocycles. The van der Waals surface area contributed by atoms with Crippen molar-refractivity contribution in [3.8, 4) is 0 Å². The molecule has 0 fully saturated rings. The van der Waals surface area contributed by atoms with Crippen LogP contribution in [-0.4, -0.2) is 16.5 Å². The molecule has 0 saturated heterocycles. The smallest absolute Gasteiger partial charge is 0.310 e. The van der Waals surface area contributed by atoms with Crippen LogP contribution >= 0.6 is 15.9 Å². The van der Waals surface area contributed by atoms with Gasteiger partial charge in [0.15, 0.2) is 0 Å². The molecule has 5 heteroatoms. The Kier molecular flexibility index (Phi) is 3.16. The fourth-order valence-electron chi connectivity index (χ4n) is 0.620. The van der Waals surface area contributed by atoms with Crippen LogP contribution in [0.3, 0.4) is 0 Å². The Labute approximate surface area is 77.9 Å². The summed E-state index contributed by atoms with van der Waals surface area (Å²) >= 11 is 3.16. The molecule has 0 aliphatic heterocycles. The highest BCUT2D eigenvalue weighted by Gasteiger charge is 1.95. The number of halogens is 2. The average molecular weight is 232 g/mol. The molecule has 0 unspecified atom stereocenters. The molecule has 0 aromatic carbocycles. The fourth-order valence-corrected chi connectivity index (χ4v) is 0.760. The van der Waals surface area contributed by atoms with Crippen molar-refractivity contribution in [2.45, 2.75) is 0 Å². The van der Waals surface area contributed by atoms with Crippen LogP contribution in [0.1, 0.15) is 0 Å². The third-order valence-electron chi connectivity index (χ3n) is 1.09. The molecule has 0 spiro atoms. The summed E-state index contributed by atoms with van der Waals surface area (Å²) in [5.41, 5.74) is 0. The van der Waals surface area contributed by atoms with Gasteiger partial charge in [0.25, 0.3) is 0 Å². The molecule has 0 aliphatic carbocycles. The minimum absolute atomic E-state index is 0.447. The first kappa shape index (κ1) is 9.12. The summed E-state index contributed by atoms with van der Waals surface area (Å²) in [6.45, 7) is 4.12. The first-order valence-corrected chi connectivity index (χ1v) is 4.03.